The molecule has 1 fully saturated rings. The van der Waals surface area contributed by atoms with E-state index in [2.05, 4.69) is 6.92 Å². The Kier molecular flexibility index (Phi) is 6.05. The van der Waals surface area contributed by atoms with Crippen LogP contribution in [0, 0.1) is 5.92 Å². The van der Waals surface area contributed by atoms with Crippen LogP contribution in [0.2, 0.25) is 0 Å². The molecule has 0 atom stereocenters. The van der Waals surface area contributed by atoms with Crippen LogP contribution >= 0.6 is 0 Å². The van der Waals surface area contributed by atoms with E-state index in [1.165, 1.54) is 37.0 Å². The lowest BCUT2D eigenvalue weighted by Crippen LogP contribution is -2.42. The molecule has 1 amide bonds. The first-order valence-corrected chi connectivity index (χ1v) is 9.95. The molecule has 1 saturated carbocycles. The van der Waals surface area contributed by atoms with Gasteiger partial charge in [0.25, 0.3) is 5.56 Å². The molecule has 0 spiro atoms. The van der Waals surface area contributed by atoms with Crippen LogP contribution in [-0.4, -0.2) is 55.3 Å². The second-order valence-electron chi connectivity index (χ2n) is 7.04. The number of hydrogen-bond acceptors (Lipinski definition) is 4. The van der Waals surface area contributed by atoms with Crippen LogP contribution in [0.4, 0.5) is 0 Å². The first-order valence-electron chi connectivity index (χ1n) is 8.51. The van der Waals surface area contributed by atoms with Gasteiger partial charge in [0.05, 0.1) is 4.90 Å². The summed E-state index contributed by atoms with van der Waals surface area (Å²) >= 11 is 0. The van der Waals surface area contributed by atoms with Gasteiger partial charge in [0, 0.05) is 39.4 Å². The molecule has 1 heterocycles. The van der Waals surface area contributed by atoms with Gasteiger partial charge in [-0.2, -0.15) is 0 Å². The number of carbonyl (C=O) groups is 1. The zero-order valence-corrected chi connectivity index (χ0v) is 16.1. The summed E-state index contributed by atoms with van der Waals surface area (Å²) in [6, 6.07) is 2.64. The molecule has 2 rings (SSSR count). The fourth-order valence-electron chi connectivity index (χ4n) is 3.09. The molecular formula is C17H27N3O4S. The topological polar surface area (TPSA) is 79.7 Å². The molecule has 140 valence electrons. The van der Waals surface area contributed by atoms with Crippen LogP contribution < -0.4 is 5.56 Å². The van der Waals surface area contributed by atoms with Crippen LogP contribution in [0.15, 0.2) is 28.0 Å². The van der Waals surface area contributed by atoms with Crippen LogP contribution in [0.3, 0.4) is 0 Å². The van der Waals surface area contributed by atoms with E-state index in [-0.39, 0.29) is 23.4 Å². The van der Waals surface area contributed by atoms with Gasteiger partial charge in [-0.05, 0) is 37.7 Å². The van der Waals surface area contributed by atoms with Gasteiger partial charge < -0.3 is 9.47 Å². The second-order valence-corrected chi connectivity index (χ2v) is 9.19. The molecule has 0 radical (unpaired) electrons. The van der Waals surface area contributed by atoms with Crippen molar-refractivity contribution in [3.63, 3.8) is 0 Å². The Morgan fingerprint density at radius 3 is 2.32 bits per heavy atom. The summed E-state index contributed by atoms with van der Waals surface area (Å²) in [7, 11) is 0.957. The van der Waals surface area contributed by atoms with Gasteiger partial charge in [-0.25, -0.2) is 12.7 Å². The van der Waals surface area contributed by atoms with E-state index in [1.54, 1.807) is 11.9 Å². The van der Waals surface area contributed by atoms with E-state index < -0.39 is 15.6 Å². The number of carbonyl (C=O) groups excluding carboxylic acids is 1. The summed E-state index contributed by atoms with van der Waals surface area (Å²) in [5, 5.41) is 0. The molecule has 1 aromatic rings. The van der Waals surface area contributed by atoms with Gasteiger partial charge in [0.1, 0.15) is 6.54 Å². The maximum absolute atomic E-state index is 12.5. The van der Waals surface area contributed by atoms with Crippen molar-refractivity contribution in [2.24, 2.45) is 5.92 Å². The van der Waals surface area contributed by atoms with Crippen molar-refractivity contribution in [2.75, 3.05) is 21.1 Å². The molecule has 1 aliphatic carbocycles. The zero-order valence-electron chi connectivity index (χ0n) is 15.3. The maximum atomic E-state index is 12.5. The first kappa shape index (κ1) is 19.7. The van der Waals surface area contributed by atoms with E-state index in [4.69, 9.17) is 0 Å². The van der Waals surface area contributed by atoms with Crippen LogP contribution in [0.25, 0.3) is 0 Å². The molecule has 7 nitrogen and oxygen atoms in total. The van der Waals surface area contributed by atoms with Crippen molar-refractivity contribution >= 4 is 15.9 Å². The number of rotatable bonds is 5. The van der Waals surface area contributed by atoms with E-state index in [9.17, 15) is 18.0 Å². The van der Waals surface area contributed by atoms with Gasteiger partial charge in [-0.1, -0.05) is 6.92 Å². The number of pyridine rings is 1. The monoisotopic (exact) mass is 369 g/mol. The fraction of sp³-hybridized carbons (Fsp3) is 0.647. The molecule has 1 aliphatic rings. The van der Waals surface area contributed by atoms with E-state index in [1.807, 2.05) is 0 Å². The van der Waals surface area contributed by atoms with Gasteiger partial charge in [0.2, 0.25) is 15.9 Å². The van der Waals surface area contributed by atoms with Crippen LogP contribution in [0.1, 0.15) is 32.6 Å². The summed E-state index contributed by atoms with van der Waals surface area (Å²) in [5.74, 6) is 0.511. The minimum Gasteiger partial charge on any atom is -0.341 e. The Bertz CT molecular complexity index is 777. The maximum Gasteiger partial charge on any atom is 0.251 e. The Morgan fingerprint density at radius 1 is 1.16 bits per heavy atom. The minimum absolute atomic E-state index is 0.000885. The molecule has 0 saturated heterocycles. The lowest BCUT2D eigenvalue weighted by molar-refractivity contribution is -0.133. The average Bonchev–Trinajstić information content (AvgIpc) is 2.56. The highest BCUT2D eigenvalue weighted by atomic mass is 32.2. The fourth-order valence-corrected chi connectivity index (χ4v) is 4.01. The standard InChI is InChI=1S/C17H27N3O4S/c1-13-5-7-14(8-6-13)19(4)17(22)12-20-11-15(9-10-16(20)21)25(23,24)18(2)3/h9-11,13-14H,5-8,12H2,1-4H3. The molecule has 0 unspecified atom stereocenters. The molecule has 0 bridgehead atoms. The quantitative estimate of drug-likeness (QED) is 0.779. The van der Waals surface area contributed by atoms with Crippen LogP contribution in [0.5, 0.6) is 0 Å². The largest absolute Gasteiger partial charge is 0.341 e. The Hall–Kier alpha value is -1.67. The van der Waals surface area contributed by atoms with Gasteiger partial charge in [0.15, 0.2) is 0 Å². The number of hydrogen-bond donors (Lipinski definition) is 0. The van der Waals surface area contributed by atoms with Crippen LogP contribution in [-0.2, 0) is 21.4 Å². The Balaban J connectivity index is 2.16. The Labute approximate surface area is 149 Å². The molecule has 0 aromatic carbocycles. The SMILES string of the molecule is CC1CCC(N(C)C(=O)Cn2cc(S(=O)(=O)N(C)C)ccc2=O)CC1. The molecule has 0 aliphatic heterocycles. The average molecular weight is 369 g/mol. The van der Waals surface area contributed by atoms with Crippen molar-refractivity contribution in [1.29, 1.82) is 0 Å². The highest BCUT2D eigenvalue weighted by molar-refractivity contribution is 7.89. The van der Waals surface area contributed by atoms with Gasteiger partial charge >= 0.3 is 0 Å². The molecule has 0 N–H and O–H groups in total. The van der Waals surface area contributed by atoms with Crippen molar-refractivity contribution in [3.8, 4) is 0 Å². The molecular weight excluding hydrogens is 342 g/mol. The van der Waals surface area contributed by atoms with E-state index in [0.717, 1.165) is 30.0 Å². The Morgan fingerprint density at radius 2 is 1.76 bits per heavy atom. The first-order chi connectivity index (χ1) is 11.6. The number of nitrogens with zero attached hydrogens (tertiary/aromatic N) is 3. The van der Waals surface area contributed by atoms with E-state index >= 15 is 0 Å². The van der Waals surface area contributed by atoms with Crippen molar-refractivity contribution in [3.05, 3.63) is 28.7 Å². The predicted molar refractivity (Wildman–Crippen MR) is 95.8 cm³/mol. The summed E-state index contributed by atoms with van der Waals surface area (Å²) in [6.07, 6.45) is 5.37. The summed E-state index contributed by atoms with van der Waals surface area (Å²) in [5.41, 5.74) is -0.392. The smallest absolute Gasteiger partial charge is 0.251 e. The summed E-state index contributed by atoms with van der Waals surface area (Å²) in [6.45, 7) is 2.06. The number of amides is 1. The third-order valence-electron chi connectivity index (χ3n) is 4.97. The lowest BCUT2D eigenvalue weighted by Gasteiger charge is -2.33. The zero-order chi connectivity index (χ0) is 18.8. The lowest BCUT2D eigenvalue weighted by atomic mass is 9.87. The molecule has 1 aromatic heterocycles. The van der Waals surface area contributed by atoms with Gasteiger partial charge in [-0.3, -0.25) is 9.59 Å². The molecule has 8 heteroatoms. The number of aromatic nitrogens is 1. The third kappa shape index (κ3) is 4.49. The highest BCUT2D eigenvalue weighted by Gasteiger charge is 2.25. The highest BCUT2D eigenvalue weighted by Crippen LogP contribution is 2.26. The third-order valence-corrected chi connectivity index (χ3v) is 6.77. The molecule has 25 heavy (non-hydrogen) atoms. The van der Waals surface area contributed by atoms with Crippen molar-refractivity contribution in [1.82, 2.24) is 13.8 Å². The summed E-state index contributed by atoms with van der Waals surface area (Å²) < 4.78 is 26.7. The minimum atomic E-state index is -3.65. The predicted octanol–water partition coefficient (Wildman–Crippen LogP) is 1.14. The normalized spacial score (nSPS) is 21.3. The van der Waals surface area contributed by atoms with Gasteiger partial charge in [-0.15, -0.1) is 0 Å². The number of likely N-dealkylation sites (N-methyl/N-ethyl adjacent to an activating group) is 1. The second kappa shape index (κ2) is 7.70. The number of sulfonamides is 1. The van der Waals surface area contributed by atoms with Crippen molar-refractivity contribution < 1.29 is 13.2 Å². The van der Waals surface area contributed by atoms with E-state index in [0.29, 0.717) is 5.92 Å². The van der Waals surface area contributed by atoms with Crippen molar-refractivity contribution in [2.45, 2.75) is 50.1 Å². The summed E-state index contributed by atoms with van der Waals surface area (Å²) in [4.78, 5) is 26.3.